The van der Waals surface area contributed by atoms with Gasteiger partial charge in [-0.25, -0.2) is 8.78 Å². The van der Waals surface area contributed by atoms with Crippen LogP contribution < -0.4 is 0 Å². The van der Waals surface area contributed by atoms with Gasteiger partial charge in [0.15, 0.2) is 5.82 Å². The highest BCUT2D eigenvalue weighted by Crippen LogP contribution is 2.28. The fourth-order valence-electron chi connectivity index (χ4n) is 0.877. The zero-order chi connectivity index (χ0) is 11.8. The molecule has 0 radical (unpaired) electrons. The summed E-state index contributed by atoms with van der Waals surface area (Å²) >= 11 is 5.12. The highest BCUT2D eigenvalue weighted by molar-refractivity contribution is 6.31. The molecule has 1 aromatic rings. The van der Waals surface area contributed by atoms with Crippen molar-refractivity contribution in [1.82, 2.24) is 0 Å². The van der Waals surface area contributed by atoms with E-state index in [0.717, 1.165) is 6.07 Å². The third kappa shape index (κ3) is 2.26. The van der Waals surface area contributed by atoms with Gasteiger partial charge in [0, 0.05) is 0 Å². The molecule has 0 saturated carbocycles. The molecular formula is C8H2ClF5O. The highest BCUT2D eigenvalue weighted by Gasteiger charge is 2.42. The largest absolute Gasteiger partial charge is 0.455 e. The molecule has 82 valence electrons. The molecule has 0 aliphatic heterocycles. The number of carbonyl (C=O) groups excluding carboxylic acids is 1. The quantitative estimate of drug-likeness (QED) is 0.421. The van der Waals surface area contributed by atoms with Crippen molar-refractivity contribution in [3.05, 3.63) is 34.4 Å². The molecule has 0 bridgehead atoms. The molecule has 1 nitrogen and oxygen atoms in total. The van der Waals surface area contributed by atoms with Crippen molar-refractivity contribution < 1.29 is 26.7 Å². The van der Waals surface area contributed by atoms with Crippen LogP contribution in [-0.4, -0.2) is 12.0 Å². The maximum atomic E-state index is 13.0. The van der Waals surface area contributed by atoms with E-state index in [9.17, 15) is 26.7 Å². The van der Waals surface area contributed by atoms with E-state index in [-0.39, 0.29) is 0 Å². The van der Waals surface area contributed by atoms with Gasteiger partial charge >= 0.3 is 6.18 Å². The number of halogens is 6. The van der Waals surface area contributed by atoms with Gasteiger partial charge in [-0.3, -0.25) is 4.79 Å². The van der Waals surface area contributed by atoms with E-state index in [2.05, 4.69) is 0 Å². The van der Waals surface area contributed by atoms with Gasteiger partial charge in [0.25, 0.3) is 5.78 Å². The number of benzene rings is 1. The van der Waals surface area contributed by atoms with Crippen molar-refractivity contribution in [2.75, 3.05) is 0 Å². The van der Waals surface area contributed by atoms with Crippen molar-refractivity contribution in [3.8, 4) is 0 Å². The Kier molecular flexibility index (Phi) is 2.99. The molecule has 0 aliphatic carbocycles. The molecule has 7 heteroatoms. The number of rotatable bonds is 1. The topological polar surface area (TPSA) is 17.1 Å². The number of ketones is 1. The Bertz CT molecular complexity index is 412. The first kappa shape index (κ1) is 11.9. The summed E-state index contributed by atoms with van der Waals surface area (Å²) in [7, 11) is 0. The summed E-state index contributed by atoms with van der Waals surface area (Å²) in [6.45, 7) is 0. The first-order chi connectivity index (χ1) is 6.75. The number of hydrogen-bond acceptors (Lipinski definition) is 1. The average molecular weight is 245 g/mol. The van der Waals surface area contributed by atoms with Crippen LogP contribution in [0.1, 0.15) is 10.4 Å². The van der Waals surface area contributed by atoms with Crippen molar-refractivity contribution in [1.29, 1.82) is 0 Å². The van der Waals surface area contributed by atoms with Gasteiger partial charge in [0.05, 0.1) is 5.02 Å². The third-order valence-corrected chi connectivity index (χ3v) is 1.82. The first-order valence-electron chi connectivity index (χ1n) is 3.50. The lowest BCUT2D eigenvalue weighted by atomic mass is 10.1. The van der Waals surface area contributed by atoms with Crippen LogP contribution in [0.15, 0.2) is 12.1 Å². The summed E-state index contributed by atoms with van der Waals surface area (Å²) in [5.74, 6) is -5.90. The SMILES string of the molecule is O=C(c1c(F)ccc(Cl)c1F)C(F)(F)F. The molecule has 1 aromatic carbocycles. The van der Waals surface area contributed by atoms with Crippen LogP contribution in [0.3, 0.4) is 0 Å². The Balaban J connectivity index is 3.38. The van der Waals surface area contributed by atoms with Gasteiger partial charge in [-0.1, -0.05) is 11.6 Å². The fourth-order valence-corrected chi connectivity index (χ4v) is 1.03. The molecule has 0 heterocycles. The van der Waals surface area contributed by atoms with Gasteiger partial charge in [-0.05, 0) is 12.1 Å². The summed E-state index contributed by atoms with van der Waals surface area (Å²) in [4.78, 5) is 10.6. The molecule has 0 saturated heterocycles. The van der Waals surface area contributed by atoms with E-state index >= 15 is 0 Å². The van der Waals surface area contributed by atoms with Crippen LogP contribution in [-0.2, 0) is 0 Å². The Labute approximate surface area is 85.5 Å². The van der Waals surface area contributed by atoms with Crippen LogP contribution >= 0.6 is 11.6 Å². The van der Waals surface area contributed by atoms with Crippen LogP contribution in [0.25, 0.3) is 0 Å². The molecular weight excluding hydrogens is 243 g/mol. The highest BCUT2D eigenvalue weighted by atomic mass is 35.5. The van der Waals surface area contributed by atoms with Crippen molar-refractivity contribution in [2.45, 2.75) is 6.18 Å². The molecule has 1 rings (SSSR count). The monoisotopic (exact) mass is 244 g/mol. The zero-order valence-corrected chi connectivity index (χ0v) is 7.59. The minimum atomic E-state index is -5.34. The average Bonchev–Trinajstić information content (AvgIpc) is 2.10. The van der Waals surface area contributed by atoms with Gasteiger partial charge in [0.2, 0.25) is 0 Å². The normalized spacial score (nSPS) is 11.6. The van der Waals surface area contributed by atoms with Crippen molar-refractivity contribution >= 4 is 17.4 Å². The predicted molar refractivity (Wildman–Crippen MR) is 41.8 cm³/mol. The molecule has 0 aromatic heterocycles. The minimum absolute atomic E-state index is 0.490. The number of alkyl halides is 3. The lowest BCUT2D eigenvalue weighted by molar-refractivity contribution is -0.0890. The lowest BCUT2D eigenvalue weighted by Crippen LogP contribution is -2.25. The number of carbonyl (C=O) groups is 1. The van der Waals surface area contributed by atoms with Crippen molar-refractivity contribution in [2.24, 2.45) is 0 Å². The smallest absolute Gasteiger partial charge is 0.284 e. The molecule has 0 aliphatic rings. The second-order valence-corrected chi connectivity index (χ2v) is 2.95. The Hall–Kier alpha value is -1.17. The maximum absolute atomic E-state index is 13.0. The molecule has 0 fully saturated rings. The second kappa shape index (κ2) is 3.77. The fraction of sp³-hybridized carbons (Fsp3) is 0.125. The molecule has 15 heavy (non-hydrogen) atoms. The minimum Gasteiger partial charge on any atom is -0.284 e. The van der Waals surface area contributed by atoms with Crippen LogP contribution in [0, 0.1) is 11.6 Å². The molecule has 0 amide bonds. The summed E-state index contributed by atoms with van der Waals surface area (Å²) in [6, 6.07) is 1.21. The standard InChI is InChI=1S/C8H2ClF5O/c9-3-1-2-4(10)5(6(3)11)7(15)8(12,13)14/h1-2H. The Morgan fingerprint density at radius 2 is 1.73 bits per heavy atom. The summed E-state index contributed by atoms with van der Waals surface area (Å²) in [5, 5.41) is -0.746. The second-order valence-electron chi connectivity index (χ2n) is 2.55. The van der Waals surface area contributed by atoms with Crippen molar-refractivity contribution in [3.63, 3.8) is 0 Å². The molecule has 0 atom stereocenters. The van der Waals surface area contributed by atoms with Gasteiger partial charge < -0.3 is 0 Å². The van der Waals surface area contributed by atoms with Crippen LogP contribution in [0.2, 0.25) is 5.02 Å². The zero-order valence-electron chi connectivity index (χ0n) is 6.83. The summed E-state index contributed by atoms with van der Waals surface area (Å²) in [5.41, 5.74) is -1.69. The van der Waals surface area contributed by atoms with Crippen LogP contribution in [0.4, 0.5) is 22.0 Å². The van der Waals surface area contributed by atoms with Crippen LogP contribution in [0.5, 0.6) is 0 Å². The van der Waals surface area contributed by atoms with Gasteiger partial charge in [0.1, 0.15) is 11.4 Å². The van der Waals surface area contributed by atoms with E-state index < -0.39 is 34.2 Å². The molecule has 0 N–H and O–H groups in total. The Morgan fingerprint density at radius 3 is 2.20 bits per heavy atom. The third-order valence-electron chi connectivity index (χ3n) is 1.53. The maximum Gasteiger partial charge on any atom is 0.455 e. The number of Topliss-reactive ketones (excluding diaryl/α,β-unsaturated/α-hetero) is 1. The summed E-state index contributed by atoms with van der Waals surface area (Å²) < 4.78 is 61.4. The van der Waals surface area contributed by atoms with E-state index in [1.54, 1.807) is 0 Å². The van der Waals surface area contributed by atoms with E-state index in [1.165, 1.54) is 0 Å². The first-order valence-corrected chi connectivity index (χ1v) is 3.88. The summed E-state index contributed by atoms with van der Waals surface area (Å²) in [6.07, 6.45) is -5.34. The van der Waals surface area contributed by atoms with E-state index in [0.29, 0.717) is 6.07 Å². The van der Waals surface area contributed by atoms with E-state index in [4.69, 9.17) is 11.6 Å². The predicted octanol–water partition coefficient (Wildman–Crippen LogP) is 3.36. The van der Waals surface area contributed by atoms with E-state index in [1.807, 2.05) is 0 Å². The Morgan fingerprint density at radius 1 is 1.20 bits per heavy atom. The molecule has 0 spiro atoms. The molecule has 0 unspecified atom stereocenters. The van der Waals surface area contributed by atoms with Gasteiger partial charge in [-0.2, -0.15) is 13.2 Å². The lowest BCUT2D eigenvalue weighted by Gasteiger charge is -2.07. The number of hydrogen-bond donors (Lipinski definition) is 0. The van der Waals surface area contributed by atoms with Gasteiger partial charge in [-0.15, -0.1) is 0 Å².